The Morgan fingerprint density at radius 3 is 2.88 bits per heavy atom. The minimum absolute atomic E-state index is 0.0521. The van der Waals surface area contributed by atoms with Crippen LogP contribution < -0.4 is 26.0 Å². The molecule has 0 spiro atoms. The summed E-state index contributed by atoms with van der Waals surface area (Å²) in [7, 11) is 0. The molecule has 2 unspecified atom stereocenters. The Labute approximate surface area is 154 Å². The highest BCUT2D eigenvalue weighted by Gasteiger charge is 2.53. The average molecular weight is 359 g/mol. The van der Waals surface area contributed by atoms with Crippen molar-refractivity contribution in [3.63, 3.8) is 0 Å². The van der Waals surface area contributed by atoms with E-state index in [9.17, 15) is 4.79 Å². The summed E-state index contributed by atoms with van der Waals surface area (Å²) in [6.45, 7) is 6.15. The SMILES string of the molecule is Cc1cc(N2CCNC2=O)cnc1OCCC1(N)CC1C1CCNCC1. The second kappa shape index (κ2) is 7.04. The van der Waals surface area contributed by atoms with Gasteiger partial charge in [-0.3, -0.25) is 4.90 Å². The van der Waals surface area contributed by atoms with E-state index >= 15 is 0 Å². The van der Waals surface area contributed by atoms with Gasteiger partial charge in [0.2, 0.25) is 5.88 Å². The lowest BCUT2D eigenvalue weighted by molar-refractivity contribution is 0.251. The Morgan fingerprint density at radius 1 is 1.38 bits per heavy atom. The Kier molecular flexibility index (Phi) is 4.75. The van der Waals surface area contributed by atoms with Gasteiger partial charge in [-0.1, -0.05) is 0 Å². The number of piperidine rings is 1. The molecule has 1 aromatic rings. The third-order valence-electron chi connectivity index (χ3n) is 6.12. The third-order valence-corrected chi connectivity index (χ3v) is 6.12. The number of ether oxygens (including phenoxy) is 1. The summed E-state index contributed by atoms with van der Waals surface area (Å²) < 4.78 is 5.91. The van der Waals surface area contributed by atoms with Crippen molar-refractivity contribution in [2.45, 2.75) is 38.1 Å². The molecule has 1 saturated carbocycles. The van der Waals surface area contributed by atoms with E-state index in [2.05, 4.69) is 15.6 Å². The molecule has 0 radical (unpaired) electrons. The maximum atomic E-state index is 11.8. The van der Waals surface area contributed by atoms with Gasteiger partial charge in [0.15, 0.2) is 0 Å². The van der Waals surface area contributed by atoms with Gasteiger partial charge in [-0.15, -0.1) is 0 Å². The van der Waals surface area contributed by atoms with Crippen LogP contribution in [-0.4, -0.2) is 49.3 Å². The highest BCUT2D eigenvalue weighted by Crippen LogP contribution is 2.51. The van der Waals surface area contributed by atoms with Crippen LogP contribution in [0.5, 0.6) is 5.88 Å². The van der Waals surface area contributed by atoms with Crippen molar-refractivity contribution < 1.29 is 9.53 Å². The molecule has 4 rings (SSSR count). The molecule has 7 heteroatoms. The lowest BCUT2D eigenvalue weighted by atomic mass is 9.90. The molecule has 3 aliphatic rings. The molecule has 2 saturated heterocycles. The second-order valence-corrected chi connectivity index (χ2v) is 7.93. The summed E-state index contributed by atoms with van der Waals surface area (Å²) in [6, 6.07) is 1.89. The van der Waals surface area contributed by atoms with Gasteiger partial charge in [0, 0.05) is 24.2 Å². The van der Waals surface area contributed by atoms with Crippen molar-refractivity contribution in [2.75, 3.05) is 37.7 Å². The summed E-state index contributed by atoms with van der Waals surface area (Å²) in [5.41, 5.74) is 8.28. The smallest absolute Gasteiger partial charge is 0.322 e. The summed E-state index contributed by atoms with van der Waals surface area (Å²) in [4.78, 5) is 17.9. The van der Waals surface area contributed by atoms with Gasteiger partial charge in [0.05, 0.1) is 18.5 Å². The molecule has 2 aliphatic heterocycles. The third kappa shape index (κ3) is 3.50. The molecule has 3 heterocycles. The predicted molar refractivity (Wildman–Crippen MR) is 100 cm³/mol. The minimum Gasteiger partial charge on any atom is -0.477 e. The van der Waals surface area contributed by atoms with Crippen LogP contribution in [0.4, 0.5) is 10.5 Å². The van der Waals surface area contributed by atoms with E-state index in [1.54, 1.807) is 11.1 Å². The number of urea groups is 1. The monoisotopic (exact) mass is 359 g/mol. The van der Waals surface area contributed by atoms with Crippen LogP contribution in [-0.2, 0) is 0 Å². The summed E-state index contributed by atoms with van der Waals surface area (Å²) in [6.07, 6.45) is 6.20. The number of carbonyl (C=O) groups is 1. The molecular weight excluding hydrogens is 330 g/mol. The van der Waals surface area contributed by atoms with E-state index in [0.29, 0.717) is 31.5 Å². The quantitative estimate of drug-likeness (QED) is 0.714. The zero-order chi connectivity index (χ0) is 18.1. The number of anilines is 1. The number of aromatic nitrogens is 1. The minimum atomic E-state index is -0.0670. The van der Waals surface area contributed by atoms with Gasteiger partial charge in [-0.05, 0) is 63.6 Å². The van der Waals surface area contributed by atoms with Crippen molar-refractivity contribution in [1.82, 2.24) is 15.6 Å². The van der Waals surface area contributed by atoms with Gasteiger partial charge in [0.25, 0.3) is 0 Å². The van der Waals surface area contributed by atoms with Crippen LogP contribution in [0.25, 0.3) is 0 Å². The van der Waals surface area contributed by atoms with Gasteiger partial charge in [0.1, 0.15) is 0 Å². The second-order valence-electron chi connectivity index (χ2n) is 7.93. The van der Waals surface area contributed by atoms with Crippen LogP contribution in [0.2, 0.25) is 0 Å². The van der Waals surface area contributed by atoms with E-state index in [0.717, 1.165) is 43.1 Å². The highest BCUT2D eigenvalue weighted by molar-refractivity contribution is 5.93. The lowest BCUT2D eigenvalue weighted by Gasteiger charge is -2.25. The predicted octanol–water partition coefficient (Wildman–Crippen LogP) is 1.41. The van der Waals surface area contributed by atoms with E-state index in [1.807, 2.05) is 13.0 Å². The number of pyridine rings is 1. The number of rotatable bonds is 6. The van der Waals surface area contributed by atoms with Crippen molar-refractivity contribution in [3.8, 4) is 5.88 Å². The van der Waals surface area contributed by atoms with E-state index in [-0.39, 0.29) is 11.6 Å². The van der Waals surface area contributed by atoms with Crippen molar-refractivity contribution in [2.24, 2.45) is 17.6 Å². The Morgan fingerprint density at radius 2 is 2.19 bits per heavy atom. The first-order chi connectivity index (χ1) is 12.6. The average Bonchev–Trinajstić information content (AvgIpc) is 3.12. The first-order valence-electron chi connectivity index (χ1n) is 9.71. The number of nitrogens with one attached hydrogen (secondary N) is 2. The van der Waals surface area contributed by atoms with E-state index in [1.165, 1.54) is 12.8 Å². The highest BCUT2D eigenvalue weighted by atomic mass is 16.5. The van der Waals surface area contributed by atoms with E-state index in [4.69, 9.17) is 10.5 Å². The lowest BCUT2D eigenvalue weighted by Crippen LogP contribution is -2.34. The molecule has 142 valence electrons. The number of nitrogens with two attached hydrogens (primary N) is 1. The van der Waals surface area contributed by atoms with Crippen LogP contribution in [0, 0.1) is 18.8 Å². The fourth-order valence-electron chi connectivity index (χ4n) is 4.42. The molecule has 2 amide bonds. The van der Waals surface area contributed by atoms with Crippen molar-refractivity contribution in [3.05, 3.63) is 17.8 Å². The molecular formula is C19H29N5O2. The number of aryl methyl sites for hydroxylation is 1. The summed E-state index contributed by atoms with van der Waals surface area (Å²) in [5.74, 6) is 2.06. The summed E-state index contributed by atoms with van der Waals surface area (Å²) >= 11 is 0. The molecule has 0 aromatic carbocycles. The number of amides is 2. The standard InChI is InChI=1S/C19H29N5O2/c1-13-10-15(24-8-7-22-18(24)25)12-23-17(13)26-9-4-19(20)11-16(19)14-2-5-21-6-3-14/h10,12,14,16,21H,2-9,11,20H2,1H3,(H,22,25). The van der Waals surface area contributed by atoms with Crippen LogP contribution in [0.15, 0.2) is 12.3 Å². The first-order valence-corrected chi connectivity index (χ1v) is 9.71. The zero-order valence-electron chi connectivity index (χ0n) is 15.5. The molecule has 2 atom stereocenters. The van der Waals surface area contributed by atoms with Crippen molar-refractivity contribution >= 4 is 11.7 Å². The Bertz CT molecular complexity index is 676. The molecule has 7 nitrogen and oxygen atoms in total. The fraction of sp³-hybridized carbons (Fsp3) is 0.684. The van der Waals surface area contributed by atoms with Crippen molar-refractivity contribution in [1.29, 1.82) is 0 Å². The topological polar surface area (TPSA) is 92.5 Å². The molecule has 3 fully saturated rings. The largest absolute Gasteiger partial charge is 0.477 e. The van der Waals surface area contributed by atoms with E-state index < -0.39 is 0 Å². The number of carbonyl (C=O) groups excluding carboxylic acids is 1. The van der Waals surface area contributed by atoms with Gasteiger partial charge < -0.3 is 21.1 Å². The molecule has 1 aliphatic carbocycles. The van der Waals surface area contributed by atoms with Gasteiger partial charge >= 0.3 is 6.03 Å². The fourth-order valence-corrected chi connectivity index (χ4v) is 4.42. The van der Waals surface area contributed by atoms with Crippen LogP contribution in [0.1, 0.15) is 31.2 Å². The Hall–Kier alpha value is -1.86. The maximum Gasteiger partial charge on any atom is 0.322 e. The number of nitrogens with zero attached hydrogens (tertiary/aromatic N) is 2. The number of hydrogen-bond acceptors (Lipinski definition) is 5. The Balaban J connectivity index is 1.29. The molecule has 4 N–H and O–H groups in total. The number of hydrogen-bond donors (Lipinski definition) is 3. The normalized spacial score (nSPS) is 28.9. The summed E-state index contributed by atoms with van der Waals surface area (Å²) in [5, 5.41) is 6.22. The van der Waals surface area contributed by atoms with Gasteiger partial charge in [-0.2, -0.15) is 0 Å². The molecule has 26 heavy (non-hydrogen) atoms. The molecule has 1 aromatic heterocycles. The zero-order valence-corrected chi connectivity index (χ0v) is 15.5. The van der Waals surface area contributed by atoms with Crippen LogP contribution in [0.3, 0.4) is 0 Å². The maximum absolute atomic E-state index is 11.8. The van der Waals surface area contributed by atoms with Crippen LogP contribution >= 0.6 is 0 Å². The van der Waals surface area contributed by atoms with Gasteiger partial charge in [-0.25, -0.2) is 9.78 Å². The first kappa shape index (κ1) is 17.5. The molecule has 0 bridgehead atoms.